The number of carbonyl (C=O) groups is 1. The summed E-state index contributed by atoms with van der Waals surface area (Å²) in [5.74, 6) is -0.955. The molecule has 4 aromatic carbocycles. The molecule has 0 unspecified atom stereocenters. The number of phenolic OH excluding ortho intramolecular Hbond substituents is 1. The number of fused-ring (bicyclic) bond motifs is 4. The van der Waals surface area contributed by atoms with Crippen LogP contribution in [0.1, 0.15) is 10.4 Å². The lowest BCUT2D eigenvalue weighted by molar-refractivity contribution is 0.0697. The van der Waals surface area contributed by atoms with Crippen LogP contribution in [0.2, 0.25) is 0 Å². The first-order chi connectivity index (χ1) is 14.5. The van der Waals surface area contributed by atoms with Gasteiger partial charge in [0.2, 0.25) is 0 Å². The Balaban J connectivity index is 2.07. The van der Waals surface area contributed by atoms with Crippen molar-refractivity contribution in [2.75, 3.05) is 0 Å². The Morgan fingerprint density at radius 1 is 0.867 bits per heavy atom. The van der Waals surface area contributed by atoms with Crippen molar-refractivity contribution in [3.05, 3.63) is 86.1 Å². The molecule has 0 bridgehead atoms. The van der Waals surface area contributed by atoms with E-state index in [1.54, 1.807) is 42.5 Å². The van der Waals surface area contributed by atoms with Crippen molar-refractivity contribution in [3.63, 3.8) is 0 Å². The number of hydrogen-bond donors (Lipinski definition) is 2. The summed E-state index contributed by atoms with van der Waals surface area (Å²) in [6, 6.07) is 18.5. The predicted molar refractivity (Wildman–Crippen MR) is 124 cm³/mol. The molecule has 5 rings (SSSR count). The second-order valence-electron chi connectivity index (χ2n) is 6.93. The van der Waals surface area contributed by atoms with E-state index in [9.17, 15) is 19.8 Å². The van der Waals surface area contributed by atoms with Crippen molar-refractivity contribution in [2.45, 2.75) is 0 Å². The molecule has 0 aliphatic carbocycles. The lowest BCUT2D eigenvalue weighted by atomic mass is 9.92. The first kappa shape index (κ1) is 18.6. The van der Waals surface area contributed by atoms with Crippen molar-refractivity contribution in [1.29, 1.82) is 0 Å². The molecule has 1 aromatic heterocycles. The Morgan fingerprint density at radius 2 is 1.57 bits per heavy atom. The zero-order chi connectivity index (χ0) is 21.0. The standard InChI is InChI=1S/C24H13IO5/c25-21-19(27)10-9-18-20(15-3-1-2-4-16(15)24(28)29)17-7-5-12-11-13(26)6-8-14(12)22(17)30-23(18)21/h1-11,27H,(H,28,29). The summed E-state index contributed by atoms with van der Waals surface area (Å²) < 4.78 is 6.78. The third-order valence-electron chi connectivity index (χ3n) is 5.19. The van der Waals surface area contributed by atoms with Gasteiger partial charge in [-0.2, -0.15) is 0 Å². The summed E-state index contributed by atoms with van der Waals surface area (Å²) in [7, 11) is 0. The summed E-state index contributed by atoms with van der Waals surface area (Å²) in [5, 5.41) is 22.9. The highest BCUT2D eigenvalue weighted by Gasteiger charge is 2.21. The zero-order valence-corrected chi connectivity index (χ0v) is 17.5. The minimum absolute atomic E-state index is 0.0748. The van der Waals surface area contributed by atoms with Crippen LogP contribution in [0.3, 0.4) is 0 Å². The number of hydrogen-bond acceptors (Lipinski definition) is 4. The van der Waals surface area contributed by atoms with E-state index in [1.807, 2.05) is 34.7 Å². The molecular formula is C24H13IO5. The van der Waals surface area contributed by atoms with Crippen LogP contribution in [0, 0.1) is 3.57 Å². The van der Waals surface area contributed by atoms with Gasteiger partial charge in [-0.05, 0) is 76.0 Å². The average molecular weight is 508 g/mol. The molecule has 1 heterocycles. The smallest absolute Gasteiger partial charge is 0.336 e. The molecule has 0 radical (unpaired) electrons. The third-order valence-corrected chi connectivity index (χ3v) is 6.23. The average Bonchev–Trinajstić information content (AvgIpc) is 2.74. The Labute approximate surface area is 183 Å². The fourth-order valence-corrected chi connectivity index (χ4v) is 4.43. The number of aromatic carboxylic acids is 1. The molecule has 0 fully saturated rings. The van der Waals surface area contributed by atoms with Crippen molar-refractivity contribution in [1.82, 2.24) is 0 Å². The minimum atomic E-state index is -1.03. The summed E-state index contributed by atoms with van der Waals surface area (Å²) in [4.78, 5) is 23.7. The van der Waals surface area contributed by atoms with Gasteiger partial charge >= 0.3 is 5.97 Å². The van der Waals surface area contributed by atoms with E-state index in [0.717, 1.165) is 16.2 Å². The fraction of sp³-hybridized carbons (Fsp3) is 0. The summed E-state index contributed by atoms with van der Waals surface area (Å²) in [5.41, 5.74) is 2.30. The summed E-state index contributed by atoms with van der Waals surface area (Å²) in [6.45, 7) is 0. The maximum atomic E-state index is 11.9. The van der Waals surface area contributed by atoms with Crippen LogP contribution in [0.5, 0.6) is 5.75 Å². The maximum Gasteiger partial charge on any atom is 0.336 e. The van der Waals surface area contributed by atoms with Gasteiger partial charge in [-0.1, -0.05) is 24.3 Å². The monoisotopic (exact) mass is 508 g/mol. The Morgan fingerprint density at radius 3 is 2.37 bits per heavy atom. The molecule has 0 saturated heterocycles. The largest absolute Gasteiger partial charge is 0.507 e. The molecular weight excluding hydrogens is 495 g/mol. The zero-order valence-electron chi connectivity index (χ0n) is 15.3. The molecule has 0 aliphatic rings. The topological polar surface area (TPSA) is 87.7 Å². The van der Waals surface area contributed by atoms with Crippen LogP contribution in [0.25, 0.3) is 43.8 Å². The molecule has 5 nitrogen and oxygen atoms in total. The second kappa shape index (κ2) is 6.84. The van der Waals surface area contributed by atoms with Crippen LogP contribution in [0.4, 0.5) is 0 Å². The molecule has 146 valence electrons. The van der Waals surface area contributed by atoms with Gasteiger partial charge in [-0.25, -0.2) is 4.79 Å². The summed E-state index contributed by atoms with van der Waals surface area (Å²) in [6.07, 6.45) is 0. The highest BCUT2D eigenvalue weighted by atomic mass is 127. The quantitative estimate of drug-likeness (QED) is 0.180. The van der Waals surface area contributed by atoms with Gasteiger partial charge in [0.25, 0.3) is 0 Å². The predicted octanol–water partition coefficient (Wildman–Crippen LogP) is 5.77. The Bertz CT molecular complexity index is 1570. The van der Waals surface area contributed by atoms with Crippen LogP contribution >= 0.6 is 22.6 Å². The van der Waals surface area contributed by atoms with Gasteiger partial charge in [0.05, 0.1) is 9.13 Å². The van der Waals surface area contributed by atoms with Gasteiger partial charge in [0.1, 0.15) is 11.3 Å². The first-order valence-corrected chi connectivity index (χ1v) is 10.2. The Kier molecular flexibility index (Phi) is 4.25. The summed E-state index contributed by atoms with van der Waals surface area (Å²) >= 11 is 2.01. The van der Waals surface area contributed by atoms with Crippen molar-refractivity contribution in [3.8, 4) is 16.9 Å². The molecule has 6 heteroatoms. The molecule has 0 spiro atoms. The maximum absolute atomic E-state index is 11.9. The fourth-order valence-electron chi connectivity index (χ4n) is 3.85. The second-order valence-corrected chi connectivity index (χ2v) is 8.01. The number of carboxylic acids is 1. The van der Waals surface area contributed by atoms with E-state index in [0.29, 0.717) is 31.2 Å². The SMILES string of the molecule is O=C(O)c1ccccc1-c1c2ccc(O)c(I)c2oc2c1ccc1cc(=O)ccc12. The molecule has 0 atom stereocenters. The van der Waals surface area contributed by atoms with Gasteiger partial charge < -0.3 is 14.6 Å². The molecule has 0 aliphatic heterocycles. The number of halogens is 1. The van der Waals surface area contributed by atoms with E-state index in [1.165, 1.54) is 12.1 Å². The number of aromatic hydroxyl groups is 1. The molecule has 30 heavy (non-hydrogen) atoms. The number of rotatable bonds is 2. The lowest BCUT2D eigenvalue weighted by Crippen LogP contribution is -2.00. The van der Waals surface area contributed by atoms with Gasteiger partial charge in [-0.15, -0.1) is 0 Å². The van der Waals surface area contributed by atoms with Crippen molar-refractivity contribution >= 4 is 61.3 Å². The molecule has 5 aromatic rings. The van der Waals surface area contributed by atoms with Crippen LogP contribution < -0.4 is 5.43 Å². The van der Waals surface area contributed by atoms with E-state index in [-0.39, 0.29) is 16.7 Å². The van der Waals surface area contributed by atoms with Crippen LogP contribution in [0.15, 0.2) is 75.9 Å². The van der Waals surface area contributed by atoms with E-state index >= 15 is 0 Å². The number of phenols is 1. The van der Waals surface area contributed by atoms with Crippen molar-refractivity contribution < 1.29 is 19.4 Å². The molecule has 0 amide bonds. The highest BCUT2D eigenvalue weighted by molar-refractivity contribution is 14.1. The van der Waals surface area contributed by atoms with Crippen LogP contribution in [-0.4, -0.2) is 16.2 Å². The van der Waals surface area contributed by atoms with E-state index < -0.39 is 5.97 Å². The minimum Gasteiger partial charge on any atom is -0.507 e. The van der Waals surface area contributed by atoms with Gasteiger partial charge in [0.15, 0.2) is 11.0 Å². The van der Waals surface area contributed by atoms with E-state index in [4.69, 9.17) is 4.42 Å². The first-order valence-electron chi connectivity index (χ1n) is 9.09. The third kappa shape index (κ3) is 2.75. The molecule has 2 N–H and O–H groups in total. The lowest BCUT2D eigenvalue weighted by Gasteiger charge is -2.15. The van der Waals surface area contributed by atoms with Crippen LogP contribution in [-0.2, 0) is 0 Å². The number of carboxylic acid groups (broad SMARTS) is 1. The normalized spacial score (nSPS) is 11.4. The number of benzene rings is 4. The highest BCUT2D eigenvalue weighted by Crippen LogP contribution is 2.42. The van der Waals surface area contributed by atoms with E-state index in [2.05, 4.69) is 0 Å². The van der Waals surface area contributed by atoms with Gasteiger partial charge in [0, 0.05) is 21.7 Å². The molecule has 0 saturated carbocycles. The Hall–Kier alpha value is -3.39. The van der Waals surface area contributed by atoms with Gasteiger partial charge in [-0.3, -0.25) is 4.79 Å². The van der Waals surface area contributed by atoms with Crippen molar-refractivity contribution in [2.24, 2.45) is 0 Å².